The second kappa shape index (κ2) is 9.53. The lowest BCUT2D eigenvalue weighted by atomic mass is 10.1. The maximum absolute atomic E-state index is 12.9. The van der Waals surface area contributed by atoms with Gasteiger partial charge in [-0.25, -0.2) is 21.8 Å². The molecule has 0 saturated carbocycles. The summed E-state index contributed by atoms with van der Waals surface area (Å²) in [5.74, 6) is 0. The fourth-order valence-electron chi connectivity index (χ4n) is 3.84. The molecule has 0 aliphatic heterocycles. The first-order valence-electron chi connectivity index (χ1n) is 11.1. The maximum atomic E-state index is 12.9. The van der Waals surface area contributed by atoms with Crippen LogP contribution in [0.3, 0.4) is 0 Å². The molecule has 178 valence electrons. The highest BCUT2D eigenvalue weighted by atomic mass is 32.2. The van der Waals surface area contributed by atoms with Crippen molar-refractivity contribution >= 4 is 19.7 Å². The van der Waals surface area contributed by atoms with E-state index in [0.717, 1.165) is 11.1 Å². The second-order valence-corrected chi connectivity index (χ2v) is 12.0. The monoisotopic (exact) mass is 511 g/mol. The zero-order valence-electron chi connectivity index (χ0n) is 19.0. The minimum absolute atomic E-state index is 0.212. The van der Waals surface area contributed by atoms with Crippen LogP contribution in [-0.2, 0) is 19.7 Å². The van der Waals surface area contributed by atoms with Gasteiger partial charge in [0, 0.05) is 11.1 Å². The standard InChI is InChI=1S/C29H21NO4S2/c31-35(32,24-8-3-1-4-9-24)26-18-14-22(15-19-26)28-12-7-13-29(30-28)23-16-20-27(21-17-23)36(33,34)25-10-5-2-6-11-25/h1-21H. The van der Waals surface area contributed by atoms with Gasteiger partial charge in [0.25, 0.3) is 0 Å². The first-order valence-corrected chi connectivity index (χ1v) is 14.1. The van der Waals surface area contributed by atoms with Gasteiger partial charge >= 0.3 is 0 Å². The highest BCUT2D eigenvalue weighted by Crippen LogP contribution is 2.28. The van der Waals surface area contributed by atoms with E-state index in [1.807, 2.05) is 18.2 Å². The van der Waals surface area contributed by atoms with Gasteiger partial charge in [-0.15, -0.1) is 0 Å². The summed E-state index contributed by atoms with van der Waals surface area (Å²) in [6.07, 6.45) is 0. The molecule has 1 aromatic heterocycles. The average Bonchev–Trinajstić information content (AvgIpc) is 2.94. The molecule has 5 rings (SSSR count). The summed E-state index contributed by atoms with van der Waals surface area (Å²) in [6.45, 7) is 0. The molecule has 0 N–H and O–H groups in total. The van der Waals surface area contributed by atoms with E-state index in [1.54, 1.807) is 109 Å². The van der Waals surface area contributed by atoms with Crippen molar-refractivity contribution in [2.24, 2.45) is 0 Å². The Labute approximate surface area is 210 Å². The van der Waals surface area contributed by atoms with Crippen LogP contribution in [0.2, 0.25) is 0 Å². The molecule has 0 radical (unpaired) electrons. The third kappa shape index (κ3) is 4.58. The van der Waals surface area contributed by atoms with E-state index in [0.29, 0.717) is 11.4 Å². The molecule has 5 aromatic rings. The molecular weight excluding hydrogens is 490 g/mol. The van der Waals surface area contributed by atoms with Crippen molar-refractivity contribution in [3.63, 3.8) is 0 Å². The van der Waals surface area contributed by atoms with Crippen molar-refractivity contribution in [1.29, 1.82) is 0 Å². The first-order chi connectivity index (χ1) is 17.4. The number of benzene rings is 4. The van der Waals surface area contributed by atoms with E-state index in [4.69, 9.17) is 4.98 Å². The minimum atomic E-state index is -3.59. The number of sulfone groups is 2. The fourth-order valence-corrected chi connectivity index (χ4v) is 6.40. The van der Waals surface area contributed by atoms with Crippen LogP contribution in [0.1, 0.15) is 0 Å². The molecule has 0 atom stereocenters. The Morgan fingerprint density at radius 2 is 0.694 bits per heavy atom. The highest BCUT2D eigenvalue weighted by Gasteiger charge is 2.18. The molecule has 0 amide bonds. The van der Waals surface area contributed by atoms with E-state index in [-0.39, 0.29) is 19.6 Å². The van der Waals surface area contributed by atoms with Crippen LogP contribution < -0.4 is 0 Å². The van der Waals surface area contributed by atoms with Gasteiger partial charge < -0.3 is 0 Å². The van der Waals surface area contributed by atoms with Crippen molar-refractivity contribution in [1.82, 2.24) is 4.98 Å². The number of hydrogen-bond acceptors (Lipinski definition) is 5. The van der Waals surface area contributed by atoms with Gasteiger partial charge in [0.2, 0.25) is 19.7 Å². The summed E-state index contributed by atoms with van der Waals surface area (Å²) in [5, 5.41) is 0. The largest absolute Gasteiger partial charge is 0.248 e. The number of pyridine rings is 1. The molecule has 0 fully saturated rings. The molecule has 0 aliphatic rings. The van der Waals surface area contributed by atoms with Crippen LogP contribution in [0.5, 0.6) is 0 Å². The molecule has 5 nitrogen and oxygen atoms in total. The van der Waals surface area contributed by atoms with Gasteiger partial charge in [0.05, 0.1) is 31.0 Å². The van der Waals surface area contributed by atoms with Crippen LogP contribution in [0.25, 0.3) is 22.5 Å². The summed E-state index contributed by atoms with van der Waals surface area (Å²) >= 11 is 0. The van der Waals surface area contributed by atoms with Crippen molar-refractivity contribution in [2.45, 2.75) is 19.6 Å². The summed E-state index contributed by atoms with van der Waals surface area (Å²) < 4.78 is 51.4. The molecule has 0 aliphatic carbocycles. The van der Waals surface area contributed by atoms with Crippen molar-refractivity contribution in [3.8, 4) is 22.5 Å². The highest BCUT2D eigenvalue weighted by molar-refractivity contribution is 7.91. The zero-order chi connectivity index (χ0) is 25.2. The van der Waals surface area contributed by atoms with Gasteiger partial charge in [0.1, 0.15) is 0 Å². The fraction of sp³-hybridized carbons (Fsp3) is 0. The summed E-state index contributed by atoms with van der Waals surface area (Å²) in [6, 6.07) is 35.4. The molecule has 1 heterocycles. The van der Waals surface area contributed by atoms with Crippen LogP contribution in [0.15, 0.2) is 147 Å². The first kappa shape index (κ1) is 23.7. The summed E-state index contributed by atoms with van der Waals surface area (Å²) in [4.78, 5) is 5.63. The van der Waals surface area contributed by atoms with E-state index in [9.17, 15) is 16.8 Å². The molecule has 0 saturated heterocycles. The maximum Gasteiger partial charge on any atom is 0.206 e. The Bertz CT molecular complexity index is 1590. The van der Waals surface area contributed by atoms with Crippen molar-refractivity contribution < 1.29 is 16.8 Å². The molecular formula is C29H21NO4S2. The normalized spacial score (nSPS) is 11.8. The molecule has 0 bridgehead atoms. The van der Waals surface area contributed by atoms with E-state index in [2.05, 4.69) is 0 Å². The zero-order valence-corrected chi connectivity index (χ0v) is 20.7. The Balaban J connectivity index is 1.41. The van der Waals surface area contributed by atoms with Gasteiger partial charge in [-0.2, -0.15) is 0 Å². The average molecular weight is 512 g/mol. The van der Waals surface area contributed by atoms with Gasteiger partial charge in [-0.1, -0.05) is 66.7 Å². The number of nitrogens with zero attached hydrogens (tertiary/aromatic N) is 1. The molecule has 0 unspecified atom stereocenters. The smallest absolute Gasteiger partial charge is 0.206 e. The SMILES string of the molecule is O=S(=O)(c1ccccc1)c1ccc(-c2cccc(-c3ccc(S(=O)(=O)c4ccccc4)cc3)n2)cc1. The number of rotatable bonds is 6. The Morgan fingerprint density at radius 3 is 1.06 bits per heavy atom. The van der Waals surface area contributed by atoms with Crippen LogP contribution in [-0.4, -0.2) is 21.8 Å². The predicted molar refractivity (Wildman–Crippen MR) is 139 cm³/mol. The summed E-state index contributed by atoms with van der Waals surface area (Å²) in [7, 11) is -7.19. The van der Waals surface area contributed by atoms with Crippen molar-refractivity contribution in [3.05, 3.63) is 127 Å². The van der Waals surface area contributed by atoms with Crippen LogP contribution >= 0.6 is 0 Å². The number of hydrogen-bond donors (Lipinski definition) is 0. The van der Waals surface area contributed by atoms with E-state index >= 15 is 0 Å². The second-order valence-electron chi connectivity index (χ2n) is 8.09. The third-order valence-electron chi connectivity index (χ3n) is 5.78. The lowest BCUT2D eigenvalue weighted by Gasteiger charge is -2.09. The minimum Gasteiger partial charge on any atom is -0.248 e. The third-order valence-corrected chi connectivity index (χ3v) is 9.35. The molecule has 7 heteroatoms. The predicted octanol–water partition coefficient (Wildman–Crippen LogP) is 6.08. The van der Waals surface area contributed by atoms with Gasteiger partial charge in [-0.05, 0) is 60.7 Å². The Morgan fingerprint density at radius 1 is 0.361 bits per heavy atom. The molecule has 36 heavy (non-hydrogen) atoms. The molecule has 4 aromatic carbocycles. The topological polar surface area (TPSA) is 81.2 Å². The molecule has 0 spiro atoms. The Kier molecular flexibility index (Phi) is 6.26. The quantitative estimate of drug-likeness (QED) is 0.276. The van der Waals surface area contributed by atoms with E-state index in [1.165, 1.54) is 0 Å². The van der Waals surface area contributed by atoms with Gasteiger partial charge in [-0.3, -0.25) is 0 Å². The Hall–Kier alpha value is -4.07. The van der Waals surface area contributed by atoms with E-state index < -0.39 is 19.7 Å². The van der Waals surface area contributed by atoms with Gasteiger partial charge in [0.15, 0.2) is 0 Å². The van der Waals surface area contributed by atoms with Crippen LogP contribution in [0, 0.1) is 0 Å². The number of aromatic nitrogens is 1. The van der Waals surface area contributed by atoms with Crippen molar-refractivity contribution in [2.75, 3.05) is 0 Å². The lowest BCUT2D eigenvalue weighted by Crippen LogP contribution is -2.01. The summed E-state index contributed by atoms with van der Waals surface area (Å²) in [5.41, 5.74) is 2.90. The lowest BCUT2D eigenvalue weighted by molar-refractivity contribution is 0.594. The van der Waals surface area contributed by atoms with Crippen LogP contribution in [0.4, 0.5) is 0 Å².